The number of methoxy groups -OCH3 is 1. The number of hydrogen-bond donors (Lipinski definition) is 1. The van der Waals surface area contributed by atoms with Gasteiger partial charge >= 0.3 is 0 Å². The van der Waals surface area contributed by atoms with Gasteiger partial charge in [0.25, 0.3) is 11.6 Å². The number of hydrogen-bond acceptors (Lipinski definition) is 5. The van der Waals surface area contributed by atoms with Gasteiger partial charge in [-0.2, -0.15) is 0 Å². The minimum atomic E-state index is -0.494. The van der Waals surface area contributed by atoms with Crippen LogP contribution in [-0.2, 0) is 0 Å². The third-order valence-electron chi connectivity index (χ3n) is 3.18. The summed E-state index contributed by atoms with van der Waals surface area (Å²) in [5, 5.41) is 13.5. The Balaban J connectivity index is 2.24. The van der Waals surface area contributed by atoms with Gasteiger partial charge in [0.15, 0.2) is 0 Å². The van der Waals surface area contributed by atoms with Crippen LogP contribution in [0.3, 0.4) is 0 Å². The summed E-state index contributed by atoms with van der Waals surface area (Å²) in [4.78, 5) is 26.7. The number of rotatable bonds is 4. The highest BCUT2D eigenvalue weighted by molar-refractivity contribution is 6.05. The van der Waals surface area contributed by atoms with Crippen molar-refractivity contribution in [1.82, 2.24) is 4.98 Å². The number of aromatic nitrogens is 1. The Bertz CT molecular complexity index is 744. The highest BCUT2D eigenvalue weighted by Crippen LogP contribution is 2.21. The van der Waals surface area contributed by atoms with Crippen molar-refractivity contribution in [2.75, 3.05) is 12.4 Å². The first-order valence-corrected chi connectivity index (χ1v) is 6.50. The Labute approximate surface area is 127 Å². The second-order valence-corrected chi connectivity index (χ2v) is 4.70. The van der Waals surface area contributed by atoms with E-state index in [0.717, 1.165) is 0 Å². The van der Waals surface area contributed by atoms with Crippen molar-refractivity contribution in [2.24, 2.45) is 0 Å². The summed E-state index contributed by atoms with van der Waals surface area (Å²) in [5.41, 5.74) is 2.04. The number of nitrogens with one attached hydrogen (secondary N) is 1. The van der Waals surface area contributed by atoms with Crippen molar-refractivity contribution in [2.45, 2.75) is 13.8 Å². The molecule has 0 spiro atoms. The average Bonchev–Trinajstić information content (AvgIpc) is 2.48. The van der Waals surface area contributed by atoms with E-state index in [-0.39, 0.29) is 11.6 Å². The van der Waals surface area contributed by atoms with Crippen molar-refractivity contribution in [3.8, 4) is 5.88 Å². The summed E-state index contributed by atoms with van der Waals surface area (Å²) in [6, 6.07) is 7.45. The molecular weight excluding hydrogens is 286 g/mol. The molecular formula is C15H15N3O4. The molecule has 0 unspecified atom stereocenters. The summed E-state index contributed by atoms with van der Waals surface area (Å²) in [5.74, 6) is 0.115. The maximum absolute atomic E-state index is 12.3. The topological polar surface area (TPSA) is 94.4 Å². The zero-order valence-corrected chi connectivity index (χ0v) is 12.4. The van der Waals surface area contributed by atoms with E-state index in [1.54, 1.807) is 26.0 Å². The molecule has 0 radical (unpaired) electrons. The molecule has 1 aromatic heterocycles. The minimum Gasteiger partial charge on any atom is -0.481 e. The molecule has 0 aliphatic rings. The molecule has 22 heavy (non-hydrogen) atoms. The van der Waals surface area contributed by atoms with Crippen LogP contribution in [0.25, 0.3) is 0 Å². The van der Waals surface area contributed by atoms with Crippen molar-refractivity contribution >= 4 is 17.3 Å². The van der Waals surface area contributed by atoms with E-state index in [0.29, 0.717) is 28.4 Å². The number of amides is 1. The number of nitro benzene ring substituents is 1. The van der Waals surface area contributed by atoms with Crippen molar-refractivity contribution in [3.05, 3.63) is 57.3 Å². The Kier molecular flexibility index (Phi) is 4.36. The van der Waals surface area contributed by atoms with Crippen LogP contribution in [0.5, 0.6) is 5.88 Å². The molecule has 114 valence electrons. The Morgan fingerprint density at radius 1 is 1.27 bits per heavy atom. The molecule has 0 aliphatic heterocycles. The summed E-state index contributed by atoms with van der Waals surface area (Å²) >= 11 is 0. The first-order chi connectivity index (χ1) is 10.4. The number of non-ortho nitro benzene ring substituents is 1. The van der Waals surface area contributed by atoms with Crippen LogP contribution in [0, 0.1) is 24.0 Å². The van der Waals surface area contributed by atoms with Gasteiger partial charge < -0.3 is 10.1 Å². The molecule has 0 aliphatic carbocycles. The Hall–Kier alpha value is -2.96. The van der Waals surface area contributed by atoms with Gasteiger partial charge in [-0.1, -0.05) is 0 Å². The number of aryl methyl sites for hydroxylation is 2. The van der Waals surface area contributed by atoms with Gasteiger partial charge in [0.05, 0.1) is 23.4 Å². The van der Waals surface area contributed by atoms with Crippen LogP contribution in [0.4, 0.5) is 11.4 Å². The normalized spacial score (nSPS) is 10.1. The Morgan fingerprint density at radius 2 is 2.00 bits per heavy atom. The molecule has 1 amide bonds. The second kappa shape index (κ2) is 6.21. The van der Waals surface area contributed by atoms with E-state index in [1.165, 1.54) is 25.3 Å². The summed E-state index contributed by atoms with van der Waals surface area (Å²) < 4.78 is 5.01. The van der Waals surface area contributed by atoms with Crippen molar-refractivity contribution in [3.63, 3.8) is 0 Å². The fraction of sp³-hybridized carbons (Fsp3) is 0.200. The monoisotopic (exact) mass is 301 g/mol. The molecule has 0 bridgehead atoms. The van der Waals surface area contributed by atoms with Crippen LogP contribution >= 0.6 is 0 Å². The third kappa shape index (κ3) is 3.20. The fourth-order valence-corrected chi connectivity index (χ4v) is 1.99. The van der Waals surface area contributed by atoms with Crippen LogP contribution in [0.2, 0.25) is 0 Å². The number of anilines is 1. The number of nitrogens with zero attached hydrogens (tertiary/aromatic N) is 2. The average molecular weight is 301 g/mol. The van der Waals surface area contributed by atoms with Crippen molar-refractivity contribution in [1.29, 1.82) is 0 Å². The van der Waals surface area contributed by atoms with Gasteiger partial charge in [-0.05, 0) is 31.5 Å². The molecule has 2 aromatic rings. The number of carbonyl (C=O) groups excluding carboxylic acids is 1. The van der Waals surface area contributed by atoms with E-state index in [2.05, 4.69) is 10.3 Å². The summed E-state index contributed by atoms with van der Waals surface area (Å²) in [6.07, 6.45) is 0. The zero-order chi connectivity index (χ0) is 16.3. The molecule has 0 atom stereocenters. The molecule has 1 heterocycles. The maximum atomic E-state index is 12.3. The number of nitro groups is 1. The first kappa shape index (κ1) is 15.4. The van der Waals surface area contributed by atoms with Crippen LogP contribution < -0.4 is 10.1 Å². The fourth-order valence-electron chi connectivity index (χ4n) is 1.99. The van der Waals surface area contributed by atoms with E-state index >= 15 is 0 Å². The van der Waals surface area contributed by atoms with E-state index in [1.807, 2.05) is 0 Å². The van der Waals surface area contributed by atoms with Gasteiger partial charge in [-0.3, -0.25) is 14.9 Å². The predicted octanol–water partition coefficient (Wildman–Crippen LogP) is 2.87. The molecule has 1 aromatic carbocycles. The smallest absolute Gasteiger partial charge is 0.269 e. The molecule has 7 heteroatoms. The number of carbonyl (C=O) groups is 1. The predicted molar refractivity (Wildman–Crippen MR) is 81.3 cm³/mol. The summed E-state index contributed by atoms with van der Waals surface area (Å²) in [7, 11) is 1.51. The van der Waals surface area contributed by atoms with E-state index in [9.17, 15) is 14.9 Å². The number of pyridine rings is 1. The van der Waals surface area contributed by atoms with Crippen LogP contribution in [0.1, 0.15) is 21.6 Å². The minimum absolute atomic E-state index is 0.0451. The lowest BCUT2D eigenvalue weighted by atomic mass is 10.1. The zero-order valence-electron chi connectivity index (χ0n) is 12.4. The van der Waals surface area contributed by atoms with E-state index < -0.39 is 4.92 Å². The molecule has 0 fully saturated rings. The lowest BCUT2D eigenvalue weighted by Gasteiger charge is -2.10. The lowest BCUT2D eigenvalue weighted by Crippen LogP contribution is -2.14. The molecule has 2 rings (SSSR count). The SMILES string of the molecule is COc1ccc(NC(=O)c2ccc([N+](=O)[O-])cc2C)c(C)n1. The number of benzene rings is 1. The van der Waals surface area contributed by atoms with Crippen molar-refractivity contribution < 1.29 is 14.5 Å². The lowest BCUT2D eigenvalue weighted by molar-refractivity contribution is -0.384. The Morgan fingerprint density at radius 3 is 2.55 bits per heavy atom. The van der Waals surface area contributed by atoms with Gasteiger partial charge in [-0.15, -0.1) is 0 Å². The van der Waals surface area contributed by atoms with Gasteiger partial charge in [-0.25, -0.2) is 4.98 Å². The largest absolute Gasteiger partial charge is 0.481 e. The second-order valence-electron chi connectivity index (χ2n) is 4.70. The van der Waals surface area contributed by atoms with Crippen LogP contribution in [-0.4, -0.2) is 22.9 Å². The number of ether oxygens (including phenoxy) is 1. The quantitative estimate of drug-likeness (QED) is 0.692. The van der Waals surface area contributed by atoms with E-state index in [4.69, 9.17) is 4.74 Å². The highest BCUT2D eigenvalue weighted by atomic mass is 16.6. The molecule has 1 N–H and O–H groups in total. The van der Waals surface area contributed by atoms with Gasteiger partial charge in [0, 0.05) is 23.8 Å². The molecule has 0 saturated carbocycles. The first-order valence-electron chi connectivity index (χ1n) is 6.50. The highest BCUT2D eigenvalue weighted by Gasteiger charge is 2.14. The van der Waals surface area contributed by atoms with Gasteiger partial charge in [0.1, 0.15) is 0 Å². The third-order valence-corrected chi connectivity index (χ3v) is 3.18. The molecule has 0 saturated heterocycles. The molecule has 7 nitrogen and oxygen atoms in total. The maximum Gasteiger partial charge on any atom is 0.269 e. The summed E-state index contributed by atoms with van der Waals surface area (Å²) in [6.45, 7) is 3.40. The van der Waals surface area contributed by atoms with Gasteiger partial charge in [0.2, 0.25) is 5.88 Å². The standard InChI is InChI=1S/C15H15N3O4/c1-9-8-11(18(20)21)4-5-12(9)15(19)17-13-6-7-14(22-3)16-10(13)2/h4-8H,1-3H3,(H,17,19). The van der Waals surface area contributed by atoms with Crippen LogP contribution in [0.15, 0.2) is 30.3 Å².